The zero-order valence-electron chi connectivity index (χ0n) is 8.69. The van der Waals surface area contributed by atoms with Crippen LogP contribution in [0.15, 0.2) is 34.8 Å². The van der Waals surface area contributed by atoms with Gasteiger partial charge in [-0.2, -0.15) is 8.42 Å². The summed E-state index contributed by atoms with van der Waals surface area (Å²) in [4.78, 5) is -0.0151. The van der Waals surface area contributed by atoms with Gasteiger partial charge < -0.3 is 0 Å². The molecule has 80 valence electrons. The Morgan fingerprint density at radius 2 is 1.86 bits per heavy atom. The molecule has 0 amide bonds. The lowest BCUT2D eigenvalue weighted by atomic mass is 10.2. The zero-order valence-corrected chi connectivity index (χ0v) is 9.50. The molecule has 0 aliphatic carbocycles. The van der Waals surface area contributed by atoms with E-state index in [-0.39, 0.29) is 4.91 Å². The molecule has 14 heavy (non-hydrogen) atoms. The Kier molecular flexibility index (Phi) is 5.42. The molecular weight excluding hydrogens is 200 g/mol. The predicted molar refractivity (Wildman–Crippen MR) is 58.5 cm³/mol. The van der Waals surface area contributed by atoms with E-state index in [4.69, 9.17) is 4.55 Å². The van der Waals surface area contributed by atoms with Gasteiger partial charge in [0.2, 0.25) is 0 Å². The van der Waals surface area contributed by atoms with Gasteiger partial charge in [0.25, 0.3) is 10.1 Å². The van der Waals surface area contributed by atoms with Crippen molar-refractivity contribution in [2.45, 2.75) is 27.2 Å². The Morgan fingerprint density at radius 1 is 1.29 bits per heavy atom. The third-order valence-electron chi connectivity index (χ3n) is 1.77. The fourth-order valence-corrected chi connectivity index (χ4v) is 1.21. The zero-order chi connectivity index (χ0) is 11.2. The lowest BCUT2D eigenvalue weighted by molar-refractivity contribution is 0.490. The van der Waals surface area contributed by atoms with Gasteiger partial charge in [-0.3, -0.25) is 4.55 Å². The average molecular weight is 216 g/mol. The Bertz CT molecular complexity index is 359. The van der Waals surface area contributed by atoms with E-state index >= 15 is 0 Å². The Hall–Kier alpha value is -0.870. The number of rotatable bonds is 4. The van der Waals surface area contributed by atoms with Crippen LogP contribution in [-0.4, -0.2) is 13.0 Å². The van der Waals surface area contributed by atoms with Gasteiger partial charge in [0.15, 0.2) is 0 Å². The Morgan fingerprint density at radius 3 is 2.29 bits per heavy atom. The van der Waals surface area contributed by atoms with E-state index in [2.05, 4.69) is 0 Å². The highest BCUT2D eigenvalue weighted by Gasteiger charge is 2.09. The van der Waals surface area contributed by atoms with Gasteiger partial charge in [-0.1, -0.05) is 31.2 Å². The smallest absolute Gasteiger partial charge is 0.282 e. The van der Waals surface area contributed by atoms with E-state index in [1.807, 2.05) is 19.1 Å². The highest BCUT2D eigenvalue weighted by atomic mass is 32.2. The Balaban J connectivity index is 4.71. The van der Waals surface area contributed by atoms with Crippen LogP contribution in [0.2, 0.25) is 0 Å². The summed E-state index contributed by atoms with van der Waals surface area (Å²) >= 11 is 0. The van der Waals surface area contributed by atoms with E-state index in [0.29, 0.717) is 5.57 Å². The van der Waals surface area contributed by atoms with Crippen LogP contribution in [-0.2, 0) is 10.1 Å². The highest BCUT2D eigenvalue weighted by Crippen LogP contribution is 2.10. The maximum atomic E-state index is 10.7. The van der Waals surface area contributed by atoms with E-state index < -0.39 is 10.1 Å². The summed E-state index contributed by atoms with van der Waals surface area (Å²) in [6.45, 7) is 5.02. The van der Waals surface area contributed by atoms with Crippen LogP contribution in [0.5, 0.6) is 0 Å². The van der Waals surface area contributed by atoms with E-state index in [1.54, 1.807) is 19.1 Å². The lowest BCUT2D eigenvalue weighted by Crippen LogP contribution is -1.99. The summed E-state index contributed by atoms with van der Waals surface area (Å²) < 4.78 is 30.1. The number of hydrogen-bond donors (Lipinski definition) is 1. The first-order valence-corrected chi connectivity index (χ1v) is 5.81. The van der Waals surface area contributed by atoms with Crippen LogP contribution in [0.4, 0.5) is 0 Å². The molecule has 0 aliphatic rings. The van der Waals surface area contributed by atoms with Crippen molar-refractivity contribution in [1.29, 1.82) is 0 Å². The van der Waals surface area contributed by atoms with Crippen LogP contribution >= 0.6 is 0 Å². The minimum atomic E-state index is -4.04. The van der Waals surface area contributed by atoms with Gasteiger partial charge in [-0.15, -0.1) is 0 Å². The normalized spacial score (nSPS) is 15.1. The van der Waals surface area contributed by atoms with Crippen LogP contribution in [0.25, 0.3) is 0 Å². The summed E-state index contributed by atoms with van der Waals surface area (Å²) in [6.07, 6.45) is 8.11. The molecule has 0 saturated heterocycles. The maximum Gasteiger partial charge on any atom is 0.290 e. The summed E-state index contributed by atoms with van der Waals surface area (Å²) in [6, 6.07) is 0. The third kappa shape index (κ3) is 4.99. The summed E-state index contributed by atoms with van der Waals surface area (Å²) in [5.41, 5.74) is 0.535. The molecule has 0 aromatic carbocycles. The minimum absolute atomic E-state index is 0.0151. The van der Waals surface area contributed by atoms with Gasteiger partial charge in [0, 0.05) is 0 Å². The van der Waals surface area contributed by atoms with E-state index in [0.717, 1.165) is 6.42 Å². The summed E-state index contributed by atoms with van der Waals surface area (Å²) in [7, 11) is -4.04. The van der Waals surface area contributed by atoms with Crippen molar-refractivity contribution in [2.24, 2.45) is 0 Å². The molecule has 0 unspecified atom stereocenters. The molecule has 0 bridgehead atoms. The maximum absolute atomic E-state index is 10.7. The molecule has 0 aromatic heterocycles. The minimum Gasteiger partial charge on any atom is -0.282 e. The monoisotopic (exact) mass is 216 g/mol. The van der Waals surface area contributed by atoms with Crippen molar-refractivity contribution < 1.29 is 13.0 Å². The van der Waals surface area contributed by atoms with Crippen molar-refractivity contribution in [2.75, 3.05) is 0 Å². The second-order valence-electron chi connectivity index (χ2n) is 2.91. The van der Waals surface area contributed by atoms with Gasteiger partial charge in [0.1, 0.15) is 0 Å². The first-order valence-electron chi connectivity index (χ1n) is 4.37. The third-order valence-corrected chi connectivity index (χ3v) is 2.87. The summed E-state index contributed by atoms with van der Waals surface area (Å²) in [5, 5.41) is 0. The SMILES string of the molecule is CC/C=C/C=C/C(C)=C(\C)S(=O)(=O)O. The van der Waals surface area contributed by atoms with Gasteiger partial charge in [0.05, 0.1) is 4.91 Å². The van der Waals surface area contributed by atoms with Crippen molar-refractivity contribution >= 4 is 10.1 Å². The fraction of sp³-hybridized carbons (Fsp3) is 0.400. The van der Waals surface area contributed by atoms with Gasteiger partial charge >= 0.3 is 0 Å². The molecule has 1 N–H and O–H groups in total. The standard InChI is InChI=1S/C10H16O3S/c1-4-5-6-7-8-9(2)10(3)14(11,12)13/h5-8H,4H2,1-3H3,(H,11,12,13)/b6-5+,8-7+,10-9+. The van der Waals surface area contributed by atoms with Crippen LogP contribution < -0.4 is 0 Å². The first-order chi connectivity index (χ1) is 6.39. The topological polar surface area (TPSA) is 54.4 Å². The molecule has 0 aliphatic heterocycles. The predicted octanol–water partition coefficient (Wildman–Crippen LogP) is 2.69. The molecule has 0 fully saturated rings. The molecule has 0 radical (unpaired) electrons. The second kappa shape index (κ2) is 5.78. The first kappa shape index (κ1) is 13.1. The molecule has 0 aromatic rings. The van der Waals surface area contributed by atoms with Crippen LogP contribution in [0.1, 0.15) is 27.2 Å². The highest BCUT2D eigenvalue weighted by molar-refractivity contribution is 7.89. The average Bonchev–Trinajstić information content (AvgIpc) is 2.09. The molecule has 0 atom stereocenters. The van der Waals surface area contributed by atoms with E-state index in [1.165, 1.54) is 6.92 Å². The fourth-order valence-electron chi connectivity index (χ4n) is 0.735. The quantitative estimate of drug-likeness (QED) is 0.580. The summed E-state index contributed by atoms with van der Waals surface area (Å²) in [5.74, 6) is 0. The molecule has 0 spiro atoms. The largest absolute Gasteiger partial charge is 0.290 e. The number of hydrogen-bond acceptors (Lipinski definition) is 2. The molecule has 0 rings (SSSR count). The van der Waals surface area contributed by atoms with Gasteiger partial charge in [-0.25, -0.2) is 0 Å². The van der Waals surface area contributed by atoms with Crippen molar-refractivity contribution in [3.8, 4) is 0 Å². The molecule has 3 nitrogen and oxygen atoms in total. The van der Waals surface area contributed by atoms with Crippen molar-refractivity contribution in [3.63, 3.8) is 0 Å². The lowest BCUT2D eigenvalue weighted by Gasteiger charge is -1.98. The molecule has 4 heteroatoms. The van der Waals surface area contributed by atoms with E-state index in [9.17, 15) is 8.42 Å². The van der Waals surface area contributed by atoms with Crippen molar-refractivity contribution in [1.82, 2.24) is 0 Å². The van der Waals surface area contributed by atoms with Crippen LogP contribution in [0, 0.1) is 0 Å². The molecule has 0 heterocycles. The number of allylic oxidation sites excluding steroid dienone is 6. The second-order valence-corrected chi connectivity index (χ2v) is 4.47. The van der Waals surface area contributed by atoms with Gasteiger partial charge in [-0.05, 0) is 25.8 Å². The van der Waals surface area contributed by atoms with Crippen molar-refractivity contribution in [3.05, 3.63) is 34.8 Å². The van der Waals surface area contributed by atoms with Crippen LogP contribution in [0.3, 0.4) is 0 Å². The Labute approximate surface area is 85.6 Å². The molecule has 0 saturated carbocycles. The molecular formula is C10H16O3S.